The van der Waals surface area contributed by atoms with Crippen LogP contribution >= 0.6 is 11.8 Å². The van der Waals surface area contributed by atoms with E-state index >= 15 is 0 Å². The van der Waals surface area contributed by atoms with Gasteiger partial charge in [0.2, 0.25) is 5.91 Å². The zero-order chi connectivity index (χ0) is 15.8. The summed E-state index contributed by atoms with van der Waals surface area (Å²) in [6, 6.07) is 7.94. The third kappa shape index (κ3) is 5.99. The van der Waals surface area contributed by atoms with E-state index in [9.17, 15) is 14.4 Å². The summed E-state index contributed by atoms with van der Waals surface area (Å²) in [5.74, 6) is -1.41. The summed E-state index contributed by atoms with van der Waals surface area (Å²) in [5.41, 5.74) is 0.607. The Bertz CT molecular complexity index is 502. The maximum atomic E-state index is 11.8. The van der Waals surface area contributed by atoms with Crippen LogP contribution < -0.4 is 5.32 Å². The molecule has 1 aromatic carbocycles. The number of amides is 1. The topological polar surface area (TPSA) is 83.5 Å². The normalized spacial score (nSPS) is 12.0. The maximum Gasteiger partial charge on any atom is 0.326 e. The molecular weight excluding hydrogens is 290 g/mol. The fourth-order valence-electron chi connectivity index (χ4n) is 1.67. The van der Waals surface area contributed by atoms with Gasteiger partial charge in [-0.3, -0.25) is 9.59 Å². The molecule has 0 radical (unpaired) electrons. The van der Waals surface area contributed by atoms with E-state index in [1.807, 2.05) is 6.07 Å². The van der Waals surface area contributed by atoms with Gasteiger partial charge in [-0.25, -0.2) is 4.79 Å². The fourth-order valence-corrected chi connectivity index (χ4v) is 2.40. The zero-order valence-electron chi connectivity index (χ0n) is 12.0. The number of aliphatic carboxylic acids is 1. The van der Waals surface area contributed by atoms with Crippen LogP contribution in [0.5, 0.6) is 0 Å². The van der Waals surface area contributed by atoms with Gasteiger partial charge in [-0.1, -0.05) is 44.2 Å². The van der Waals surface area contributed by atoms with Crippen molar-refractivity contribution in [1.29, 1.82) is 0 Å². The van der Waals surface area contributed by atoms with Crippen LogP contribution in [-0.2, 0) is 9.59 Å². The Kier molecular flexibility index (Phi) is 6.94. The summed E-state index contributed by atoms with van der Waals surface area (Å²) in [6.07, 6.45) is 0. The standard InChI is InChI=1S/C15H19NO4S/c1-10(2)14(15(19)20)16-13(18)9-21-8-12(17)11-6-4-3-5-7-11/h3-7,10,14H,8-9H2,1-2H3,(H,16,18)(H,19,20)/t14-/m0/s1. The first-order chi connectivity index (χ1) is 9.91. The molecule has 0 spiro atoms. The molecule has 1 atom stereocenters. The summed E-state index contributed by atoms with van der Waals surface area (Å²) in [6.45, 7) is 3.45. The van der Waals surface area contributed by atoms with E-state index in [2.05, 4.69) is 5.32 Å². The average Bonchev–Trinajstić information content (AvgIpc) is 2.45. The Morgan fingerprint density at radius 2 is 1.76 bits per heavy atom. The fraction of sp³-hybridized carbons (Fsp3) is 0.400. The highest BCUT2D eigenvalue weighted by atomic mass is 32.2. The van der Waals surface area contributed by atoms with Crippen molar-refractivity contribution >= 4 is 29.4 Å². The van der Waals surface area contributed by atoms with E-state index < -0.39 is 12.0 Å². The first kappa shape index (κ1) is 17.2. The highest BCUT2D eigenvalue weighted by Gasteiger charge is 2.23. The summed E-state index contributed by atoms with van der Waals surface area (Å²) in [5, 5.41) is 11.4. The summed E-state index contributed by atoms with van der Waals surface area (Å²) >= 11 is 1.18. The van der Waals surface area contributed by atoms with Crippen molar-refractivity contribution in [3.63, 3.8) is 0 Å². The number of carbonyl (C=O) groups excluding carboxylic acids is 2. The van der Waals surface area contributed by atoms with Crippen LogP contribution in [0.3, 0.4) is 0 Å². The Hall–Kier alpha value is -1.82. The van der Waals surface area contributed by atoms with Crippen molar-refractivity contribution in [2.75, 3.05) is 11.5 Å². The number of carboxylic acid groups (broad SMARTS) is 1. The number of thioether (sulfide) groups is 1. The van der Waals surface area contributed by atoms with Gasteiger partial charge in [0.05, 0.1) is 11.5 Å². The van der Waals surface area contributed by atoms with E-state index in [0.29, 0.717) is 5.56 Å². The first-order valence-electron chi connectivity index (χ1n) is 6.60. The van der Waals surface area contributed by atoms with Crippen molar-refractivity contribution < 1.29 is 19.5 Å². The van der Waals surface area contributed by atoms with Gasteiger partial charge < -0.3 is 10.4 Å². The highest BCUT2D eigenvalue weighted by Crippen LogP contribution is 2.08. The number of Topliss-reactive ketones (excluding diaryl/α,β-unsaturated/α-hetero) is 1. The molecular formula is C15H19NO4S. The molecule has 0 aliphatic heterocycles. The van der Waals surface area contributed by atoms with Crippen LogP contribution in [0.25, 0.3) is 0 Å². The number of nitrogens with one attached hydrogen (secondary N) is 1. The molecule has 5 nitrogen and oxygen atoms in total. The molecule has 0 aromatic heterocycles. The number of ketones is 1. The second kappa shape index (κ2) is 8.46. The van der Waals surface area contributed by atoms with Crippen LogP contribution in [-0.4, -0.2) is 40.3 Å². The molecule has 0 unspecified atom stereocenters. The third-order valence-corrected chi connectivity index (χ3v) is 3.74. The lowest BCUT2D eigenvalue weighted by atomic mass is 10.1. The van der Waals surface area contributed by atoms with Crippen LogP contribution in [0.1, 0.15) is 24.2 Å². The van der Waals surface area contributed by atoms with Gasteiger partial charge in [0.25, 0.3) is 0 Å². The van der Waals surface area contributed by atoms with Crippen LogP contribution in [0, 0.1) is 5.92 Å². The molecule has 0 saturated carbocycles. The Morgan fingerprint density at radius 1 is 1.14 bits per heavy atom. The molecule has 6 heteroatoms. The number of benzene rings is 1. The zero-order valence-corrected chi connectivity index (χ0v) is 12.9. The van der Waals surface area contributed by atoms with Crippen molar-refractivity contribution in [2.24, 2.45) is 5.92 Å². The van der Waals surface area contributed by atoms with E-state index in [-0.39, 0.29) is 29.1 Å². The Balaban J connectivity index is 2.37. The molecule has 21 heavy (non-hydrogen) atoms. The molecule has 114 valence electrons. The number of carboxylic acids is 1. The maximum absolute atomic E-state index is 11.8. The van der Waals surface area contributed by atoms with Gasteiger partial charge in [-0.05, 0) is 5.92 Å². The number of rotatable bonds is 8. The van der Waals surface area contributed by atoms with Crippen molar-refractivity contribution in [3.05, 3.63) is 35.9 Å². The third-order valence-electron chi connectivity index (χ3n) is 2.81. The highest BCUT2D eigenvalue weighted by molar-refractivity contribution is 8.00. The predicted octanol–water partition coefficient (Wildman–Crippen LogP) is 1.83. The van der Waals surface area contributed by atoms with E-state index in [4.69, 9.17) is 5.11 Å². The monoisotopic (exact) mass is 309 g/mol. The number of carbonyl (C=O) groups is 3. The quantitative estimate of drug-likeness (QED) is 0.716. The minimum atomic E-state index is -1.05. The molecule has 0 heterocycles. The SMILES string of the molecule is CC(C)[C@H](NC(=O)CSCC(=O)c1ccccc1)C(=O)O. The molecule has 2 N–H and O–H groups in total. The first-order valence-corrected chi connectivity index (χ1v) is 7.75. The number of hydrogen-bond acceptors (Lipinski definition) is 4. The van der Waals surface area contributed by atoms with E-state index in [1.165, 1.54) is 11.8 Å². The van der Waals surface area contributed by atoms with Crippen LogP contribution in [0.15, 0.2) is 30.3 Å². The smallest absolute Gasteiger partial charge is 0.326 e. The summed E-state index contributed by atoms with van der Waals surface area (Å²) in [7, 11) is 0. The van der Waals surface area contributed by atoms with Gasteiger partial charge in [-0.15, -0.1) is 11.8 Å². The average molecular weight is 309 g/mol. The van der Waals surface area contributed by atoms with Crippen molar-refractivity contribution in [3.8, 4) is 0 Å². The van der Waals surface area contributed by atoms with Crippen LogP contribution in [0.2, 0.25) is 0 Å². The largest absolute Gasteiger partial charge is 0.480 e. The molecule has 1 rings (SSSR count). The number of hydrogen-bond donors (Lipinski definition) is 2. The van der Waals surface area contributed by atoms with Gasteiger partial charge in [0, 0.05) is 5.56 Å². The van der Waals surface area contributed by atoms with E-state index in [0.717, 1.165) is 0 Å². The molecule has 0 saturated heterocycles. The van der Waals surface area contributed by atoms with Crippen molar-refractivity contribution in [1.82, 2.24) is 5.32 Å². The predicted molar refractivity (Wildman–Crippen MR) is 82.5 cm³/mol. The lowest BCUT2D eigenvalue weighted by Crippen LogP contribution is -2.45. The minimum Gasteiger partial charge on any atom is -0.480 e. The molecule has 0 bridgehead atoms. The van der Waals surface area contributed by atoms with Gasteiger partial charge >= 0.3 is 5.97 Å². The molecule has 1 aromatic rings. The molecule has 1 amide bonds. The van der Waals surface area contributed by atoms with Gasteiger partial charge in [0.1, 0.15) is 6.04 Å². The second-order valence-corrected chi connectivity index (χ2v) is 5.90. The summed E-state index contributed by atoms with van der Waals surface area (Å²) in [4.78, 5) is 34.5. The lowest BCUT2D eigenvalue weighted by Gasteiger charge is -2.17. The molecule has 0 fully saturated rings. The Labute approximate surface area is 128 Å². The molecule has 0 aliphatic carbocycles. The summed E-state index contributed by atoms with van der Waals surface area (Å²) < 4.78 is 0. The van der Waals surface area contributed by atoms with Gasteiger partial charge in [0.15, 0.2) is 5.78 Å². The minimum absolute atomic E-state index is 0.0490. The van der Waals surface area contributed by atoms with E-state index in [1.54, 1.807) is 38.1 Å². The van der Waals surface area contributed by atoms with Crippen molar-refractivity contribution in [2.45, 2.75) is 19.9 Å². The molecule has 0 aliphatic rings. The second-order valence-electron chi connectivity index (χ2n) is 4.91. The Morgan fingerprint density at radius 3 is 2.29 bits per heavy atom. The van der Waals surface area contributed by atoms with Gasteiger partial charge in [-0.2, -0.15) is 0 Å². The lowest BCUT2D eigenvalue weighted by molar-refractivity contribution is -0.142. The van der Waals surface area contributed by atoms with Crippen LogP contribution in [0.4, 0.5) is 0 Å².